The molecule has 0 radical (unpaired) electrons. The van der Waals surface area contributed by atoms with Crippen LogP contribution in [0.2, 0.25) is 0 Å². The van der Waals surface area contributed by atoms with Crippen LogP contribution < -0.4 is 10.1 Å². The van der Waals surface area contributed by atoms with Crippen LogP contribution in [0.5, 0.6) is 5.75 Å². The summed E-state index contributed by atoms with van der Waals surface area (Å²) in [6, 6.07) is 14.3. The number of benzene rings is 2. The van der Waals surface area contributed by atoms with Crippen LogP contribution in [0.1, 0.15) is 12.8 Å². The molecule has 0 unspecified atom stereocenters. The molecule has 1 saturated heterocycles. The van der Waals surface area contributed by atoms with Crippen molar-refractivity contribution in [3.05, 3.63) is 42.5 Å². The standard InChI is InChI=1S/C21H27N3O3/c1-22-21(24-13-10-17(11-14-24)20(25)26-2)23-12-15-27-19-9-5-7-16-6-3-4-8-18(16)19/h3-9,17H,10-15H2,1-2H3,(H,22,23). The highest BCUT2D eigenvalue weighted by Crippen LogP contribution is 2.25. The Balaban J connectivity index is 1.47. The average Bonchev–Trinajstić information content (AvgIpc) is 2.73. The molecule has 27 heavy (non-hydrogen) atoms. The molecular formula is C21H27N3O3. The van der Waals surface area contributed by atoms with Gasteiger partial charge in [0.25, 0.3) is 0 Å². The number of hydrogen-bond donors (Lipinski definition) is 1. The van der Waals surface area contributed by atoms with Crippen LogP contribution in [-0.2, 0) is 9.53 Å². The summed E-state index contributed by atoms with van der Waals surface area (Å²) in [5.74, 6) is 1.63. The Kier molecular flexibility index (Phi) is 6.52. The second kappa shape index (κ2) is 9.26. The quantitative estimate of drug-likeness (QED) is 0.380. The van der Waals surface area contributed by atoms with Crippen LogP contribution in [-0.4, -0.2) is 57.2 Å². The van der Waals surface area contributed by atoms with E-state index in [-0.39, 0.29) is 11.9 Å². The van der Waals surface area contributed by atoms with Gasteiger partial charge in [-0.3, -0.25) is 9.79 Å². The molecule has 1 aliphatic rings. The lowest BCUT2D eigenvalue weighted by Crippen LogP contribution is -2.47. The van der Waals surface area contributed by atoms with Crippen molar-refractivity contribution in [3.63, 3.8) is 0 Å². The van der Waals surface area contributed by atoms with E-state index >= 15 is 0 Å². The summed E-state index contributed by atoms with van der Waals surface area (Å²) in [6.07, 6.45) is 1.58. The van der Waals surface area contributed by atoms with Gasteiger partial charge in [-0.15, -0.1) is 0 Å². The van der Waals surface area contributed by atoms with Crippen LogP contribution in [0.15, 0.2) is 47.5 Å². The molecule has 6 heteroatoms. The second-order valence-corrected chi connectivity index (χ2v) is 6.58. The van der Waals surface area contributed by atoms with Gasteiger partial charge in [0, 0.05) is 25.5 Å². The SMILES string of the molecule is CN=C(NCCOc1cccc2ccccc12)N1CCC(C(=O)OC)CC1. The zero-order chi connectivity index (χ0) is 19.1. The van der Waals surface area contributed by atoms with E-state index in [0.29, 0.717) is 13.2 Å². The molecule has 1 fully saturated rings. The highest BCUT2D eigenvalue weighted by atomic mass is 16.5. The van der Waals surface area contributed by atoms with E-state index in [1.54, 1.807) is 7.05 Å². The number of carbonyl (C=O) groups is 1. The number of ether oxygens (including phenoxy) is 2. The third-order valence-electron chi connectivity index (χ3n) is 4.93. The number of guanidine groups is 1. The van der Waals surface area contributed by atoms with E-state index in [4.69, 9.17) is 9.47 Å². The Morgan fingerprint density at radius 2 is 1.93 bits per heavy atom. The summed E-state index contributed by atoms with van der Waals surface area (Å²) < 4.78 is 10.8. The van der Waals surface area contributed by atoms with Gasteiger partial charge in [-0.1, -0.05) is 36.4 Å². The van der Waals surface area contributed by atoms with Gasteiger partial charge in [0.1, 0.15) is 12.4 Å². The Hall–Kier alpha value is -2.76. The highest BCUT2D eigenvalue weighted by Gasteiger charge is 2.26. The molecule has 3 rings (SSSR count). The summed E-state index contributed by atoms with van der Waals surface area (Å²) >= 11 is 0. The number of aliphatic imine (C=N–C) groups is 1. The molecule has 0 spiro atoms. The van der Waals surface area contributed by atoms with Gasteiger partial charge in [0.05, 0.1) is 19.6 Å². The van der Waals surface area contributed by atoms with Crippen molar-refractivity contribution >= 4 is 22.7 Å². The molecule has 1 heterocycles. The highest BCUT2D eigenvalue weighted by molar-refractivity contribution is 5.88. The maximum Gasteiger partial charge on any atom is 0.308 e. The van der Waals surface area contributed by atoms with E-state index in [1.807, 2.05) is 24.3 Å². The summed E-state index contributed by atoms with van der Waals surface area (Å²) in [5, 5.41) is 5.64. The molecule has 144 valence electrons. The van der Waals surface area contributed by atoms with Crippen LogP contribution in [0, 0.1) is 5.92 Å². The lowest BCUT2D eigenvalue weighted by atomic mass is 9.97. The number of nitrogens with one attached hydrogen (secondary N) is 1. The first kappa shape index (κ1) is 19.0. The molecule has 1 N–H and O–H groups in total. The van der Waals surface area contributed by atoms with Crippen LogP contribution >= 0.6 is 0 Å². The number of carbonyl (C=O) groups excluding carboxylic acids is 1. The fourth-order valence-corrected chi connectivity index (χ4v) is 3.47. The maximum atomic E-state index is 11.6. The van der Waals surface area contributed by atoms with Gasteiger partial charge < -0.3 is 19.7 Å². The van der Waals surface area contributed by atoms with Gasteiger partial charge in [-0.2, -0.15) is 0 Å². The molecule has 0 saturated carbocycles. The first-order chi connectivity index (χ1) is 13.2. The smallest absolute Gasteiger partial charge is 0.308 e. The number of methoxy groups -OCH3 is 1. The van der Waals surface area contributed by atoms with E-state index in [1.165, 1.54) is 12.5 Å². The van der Waals surface area contributed by atoms with Gasteiger partial charge in [0.2, 0.25) is 0 Å². The molecule has 0 amide bonds. The van der Waals surface area contributed by atoms with Gasteiger partial charge in [0.15, 0.2) is 5.96 Å². The van der Waals surface area contributed by atoms with Crippen LogP contribution in [0.4, 0.5) is 0 Å². The molecule has 0 aromatic heterocycles. The topological polar surface area (TPSA) is 63.2 Å². The number of piperidine rings is 1. The van der Waals surface area contributed by atoms with Crippen molar-refractivity contribution < 1.29 is 14.3 Å². The molecule has 2 aromatic rings. The third kappa shape index (κ3) is 4.70. The number of hydrogen-bond acceptors (Lipinski definition) is 4. The van der Waals surface area contributed by atoms with Crippen molar-refractivity contribution in [3.8, 4) is 5.75 Å². The predicted molar refractivity (Wildman–Crippen MR) is 107 cm³/mol. The first-order valence-corrected chi connectivity index (χ1v) is 9.37. The number of rotatable bonds is 5. The van der Waals surface area contributed by atoms with Crippen molar-refractivity contribution in [1.82, 2.24) is 10.2 Å². The lowest BCUT2D eigenvalue weighted by molar-refractivity contribution is -0.146. The average molecular weight is 369 g/mol. The zero-order valence-electron chi connectivity index (χ0n) is 16.0. The lowest BCUT2D eigenvalue weighted by Gasteiger charge is -2.33. The summed E-state index contributed by atoms with van der Waals surface area (Å²) in [5.41, 5.74) is 0. The Labute approximate surface area is 160 Å². The largest absolute Gasteiger partial charge is 0.491 e. The maximum absolute atomic E-state index is 11.6. The number of fused-ring (bicyclic) bond motifs is 1. The normalized spacial score (nSPS) is 15.6. The minimum Gasteiger partial charge on any atom is -0.491 e. The fourth-order valence-electron chi connectivity index (χ4n) is 3.47. The monoisotopic (exact) mass is 369 g/mol. The molecular weight excluding hydrogens is 342 g/mol. The number of likely N-dealkylation sites (tertiary alicyclic amines) is 1. The van der Waals surface area contributed by atoms with Crippen molar-refractivity contribution in [2.24, 2.45) is 10.9 Å². The van der Waals surface area contributed by atoms with Crippen molar-refractivity contribution in [1.29, 1.82) is 0 Å². The molecule has 6 nitrogen and oxygen atoms in total. The zero-order valence-corrected chi connectivity index (χ0v) is 16.0. The molecule has 0 aliphatic carbocycles. The van der Waals surface area contributed by atoms with Gasteiger partial charge in [-0.25, -0.2) is 0 Å². The van der Waals surface area contributed by atoms with Crippen molar-refractivity contribution in [2.75, 3.05) is 40.4 Å². The van der Waals surface area contributed by atoms with Crippen molar-refractivity contribution in [2.45, 2.75) is 12.8 Å². The Morgan fingerprint density at radius 3 is 2.67 bits per heavy atom. The van der Waals surface area contributed by atoms with Crippen LogP contribution in [0.3, 0.4) is 0 Å². The van der Waals surface area contributed by atoms with Crippen LogP contribution in [0.25, 0.3) is 10.8 Å². The minimum atomic E-state index is -0.110. The molecule has 1 aliphatic heterocycles. The Morgan fingerprint density at radius 1 is 1.19 bits per heavy atom. The molecule has 0 bridgehead atoms. The predicted octanol–water partition coefficient (Wildman–Crippen LogP) is 2.68. The Bertz CT molecular complexity index is 793. The van der Waals surface area contributed by atoms with E-state index in [2.05, 4.69) is 33.4 Å². The third-order valence-corrected chi connectivity index (χ3v) is 4.93. The summed E-state index contributed by atoms with van der Waals surface area (Å²) in [4.78, 5) is 18.2. The van der Waals surface area contributed by atoms with E-state index < -0.39 is 0 Å². The fraction of sp³-hybridized carbons (Fsp3) is 0.429. The van der Waals surface area contributed by atoms with Gasteiger partial charge in [-0.05, 0) is 24.3 Å². The number of nitrogens with zero attached hydrogens (tertiary/aromatic N) is 2. The van der Waals surface area contributed by atoms with E-state index in [9.17, 15) is 4.79 Å². The van der Waals surface area contributed by atoms with E-state index in [0.717, 1.165) is 43.0 Å². The summed E-state index contributed by atoms with van der Waals surface area (Å²) in [6.45, 7) is 2.80. The first-order valence-electron chi connectivity index (χ1n) is 9.37. The number of esters is 1. The van der Waals surface area contributed by atoms with Gasteiger partial charge >= 0.3 is 5.97 Å². The summed E-state index contributed by atoms with van der Waals surface area (Å²) in [7, 11) is 3.23. The minimum absolute atomic E-state index is 0.000879. The molecule has 2 aromatic carbocycles. The second-order valence-electron chi connectivity index (χ2n) is 6.58. The molecule has 0 atom stereocenters.